The van der Waals surface area contributed by atoms with E-state index < -0.39 is 0 Å². The van der Waals surface area contributed by atoms with Crippen LogP contribution in [0.2, 0.25) is 0 Å². The number of rotatable bonds is 3. The maximum absolute atomic E-state index is 3.84. The standard InChI is InChI=1S/C17H20N2/c1-2-10-6-7-18-16(10)13(3-1)9-19-17-14-11-4-5-12(8-11)15(14)17/h1-3,6-7,11-12,14-15,17-19H,4-5,8-9H2. The fourth-order valence-corrected chi connectivity index (χ4v) is 5.12. The minimum atomic E-state index is 0.830. The molecule has 3 fully saturated rings. The van der Waals surface area contributed by atoms with Crippen LogP contribution < -0.4 is 5.32 Å². The summed E-state index contributed by atoms with van der Waals surface area (Å²) in [5.74, 6) is 4.19. The van der Waals surface area contributed by atoms with E-state index in [1.54, 1.807) is 6.42 Å². The molecule has 2 N–H and O–H groups in total. The van der Waals surface area contributed by atoms with Crippen LogP contribution in [0.25, 0.3) is 10.9 Å². The summed E-state index contributed by atoms with van der Waals surface area (Å²) in [6.07, 6.45) is 6.60. The molecular formula is C17H20N2. The van der Waals surface area contributed by atoms with Gasteiger partial charge in [0.05, 0.1) is 0 Å². The molecule has 3 aliphatic carbocycles. The van der Waals surface area contributed by atoms with E-state index in [0.29, 0.717) is 0 Å². The van der Waals surface area contributed by atoms with E-state index in [9.17, 15) is 0 Å². The Labute approximate surface area is 113 Å². The zero-order chi connectivity index (χ0) is 12.4. The second-order valence-corrected chi connectivity index (χ2v) is 6.75. The van der Waals surface area contributed by atoms with Gasteiger partial charge in [-0.25, -0.2) is 0 Å². The summed E-state index contributed by atoms with van der Waals surface area (Å²) in [6, 6.07) is 9.59. The molecule has 0 aliphatic heterocycles. The van der Waals surface area contributed by atoms with Gasteiger partial charge in [0, 0.05) is 24.3 Å². The highest BCUT2D eigenvalue weighted by molar-refractivity contribution is 5.82. The van der Waals surface area contributed by atoms with Gasteiger partial charge in [-0.05, 0) is 60.0 Å². The van der Waals surface area contributed by atoms with Gasteiger partial charge >= 0.3 is 0 Å². The number of fused-ring (bicyclic) bond motifs is 6. The van der Waals surface area contributed by atoms with Crippen LogP contribution in [0.3, 0.4) is 0 Å². The van der Waals surface area contributed by atoms with Gasteiger partial charge in [-0.2, -0.15) is 0 Å². The van der Waals surface area contributed by atoms with E-state index in [1.807, 2.05) is 6.20 Å². The van der Waals surface area contributed by atoms with Crippen molar-refractivity contribution in [2.75, 3.05) is 0 Å². The average molecular weight is 252 g/mol. The van der Waals surface area contributed by atoms with Gasteiger partial charge < -0.3 is 10.3 Å². The third-order valence-electron chi connectivity index (χ3n) is 5.94. The Bertz CT molecular complexity index is 613. The van der Waals surface area contributed by atoms with Crippen molar-refractivity contribution in [2.45, 2.75) is 31.8 Å². The maximum Gasteiger partial charge on any atom is 0.0499 e. The van der Waals surface area contributed by atoms with Gasteiger partial charge in [0.15, 0.2) is 0 Å². The Morgan fingerprint density at radius 1 is 1.11 bits per heavy atom. The molecule has 19 heavy (non-hydrogen) atoms. The van der Waals surface area contributed by atoms with Crippen LogP contribution in [-0.4, -0.2) is 11.0 Å². The van der Waals surface area contributed by atoms with Crippen molar-refractivity contribution in [3.05, 3.63) is 36.0 Å². The Hall–Kier alpha value is -1.28. The molecule has 2 nitrogen and oxygen atoms in total. The number of hydrogen-bond acceptors (Lipinski definition) is 1. The molecule has 3 aliphatic rings. The SMILES string of the molecule is c1cc(CNC2C3C4CCC(C4)C23)c2[nH]ccc2c1. The molecule has 0 spiro atoms. The summed E-state index contributed by atoms with van der Waals surface area (Å²) in [5, 5.41) is 5.17. The van der Waals surface area contributed by atoms with Crippen molar-refractivity contribution in [2.24, 2.45) is 23.7 Å². The Morgan fingerprint density at radius 2 is 1.95 bits per heavy atom. The lowest BCUT2D eigenvalue weighted by atomic mass is 10.0. The fourth-order valence-electron chi connectivity index (χ4n) is 5.12. The zero-order valence-corrected chi connectivity index (χ0v) is 11.1. The molecule has 4 atom stereocenters. The van der Waals surface area contributed by atoms with Crippen LogP contribution in [0, 0.1) is 23.7 Å². The number of aromatic amines is 1. The molecular weight excluding hydrogens is 232 g/mol. The predicted molar refractivity (Wildman–Crippen MR) is 76.7 cm³/mol. The number of hydrogen-bond donors (Lipinski definition) is 2. The second-order valence-electron chi connectivity index (χ2n) is 6.75. The van der Waals surface area contributed by atoms with Crippen LogP contribution in [-0.2, 0) is 6.54 Å². The van der Waals surface area contributed by atoms with Crippen LogP contribution >= 0.6 is 0 Å². The Kier molecular flexibility index (Phi) is 2.01. The Morgan fingerprint density at radius 3 is 2.79 bits per heavy atom. The molecule has 3 saturated carbocycles. The summed E-state index contributed by atoms with van der Waals surface area (Å²) in [5.41, 5.74) is 2.73. The van der Waals surface area contributed by atoms with Gasteiger partial charge in [0.25, 0.3) is 0 Å². The first-order valence-electron chi connectivity index (χ1n) is 7.70. The van der Waals surface area contributed by atoms with Crippen LogP contribution in [0.1, 0.15) is 24.8 Å². The van der Waals surface area contributed by atoms with E-state index in [4.69, 9.17) is 0 Å². The molecule has 98 valence electrons. The highest BCUT2D eigenvalue weighted by Crippen LogP contribution is 2.65. The summed E-state index contributed by atoms with van der Waals surface area (Å²) >= 11 is 0. The average Bonchev–Trinajstić information content (AvgIpc) is 2.86. The molecule has 5 rings (SSSR count). The molecule has 0 amide bonds. The van der Waals surface area contributed by atoms with Gasteiger partial charge in [-0.15, -0.1) is 0 Å². The summed E-state index contributed by atoms with van der Waals surface area (Å²) in [6.45, 7) is 1.02. The summed E-state index contributed by atoms with van der Waals surface area (Å²) in [7, 11) is 0. The zero-order valence-electron chi connectivity index (χ0n) is 11.1. The summed E-state index contributed by atoms with van der Waals surface area (Å²) < 4.78 is 0. The van der Waals surface area contributed by atoms with Crippen LogP contribution in [0.15, 0.2) is 30.5 Å². The molecule has 2 heteroatoms. The highest BCUT2D eigenvalue weighted by Gasteiger charge is 2.64. The van der Waals surface area contributed by atoms with Crippen molar-refractivity contribution in [1.29, 1.82) is 0 Å². The number of para-hydroxylation sites is 1. The molecule has 2 aromatic rings. The van der Waals surface area contributed by atoms with E-state index in [2.05, 4.69) is 34.6 Å². The molecule has 4 unspecified atom stereocenters. The first-order chi connectivity index (χ1) is 9.42. The van der Waals surface area contributed by atoms with E-state index in [0.717, 1.165) is 36.3 Å². The first kappa shape index (κ1) is 10.5. The lowest BCUT2D eigenvalue weighted by molar-refractivity contribution is 0.456. The molecule has 0 saturated heterocycles. The minimum absolute atomic E-state index is 0.830. The van der Waals surface area contributed by atoms with E-state index >= 15 is 0 Å². The number of nitrogens with one attached hydrogen (secondary N) is 2. The Balaban J connectivity index is 1.33. The molecule has 0 radical (unpaired) electrons. The van der Waals surface area contributed by atoms with Crippen molar-refractivity contribution in [1.82, 2.24) is 10.3 Å². The topological polar surface area (TPSA) is 27.8 Å². The molecule has 1 heterocycles. The normalized spacial score (nSPS) is 38.8. The van der Waals surface area contributed by atoms with Gasteiger partial charge in [0.2, 0.25) is 0 Å². The molecule has 1 aromatic heterocycles. The monoisotopic (exact) mass is 252 g/mol. The van der Waals surface area contributed by atoms with Crippen molar-refractivity contribution in [3.63, 3.8) is 0 Å². The lowest BCUT2D eigenvalue weighted by Gasteiger charge is -2.11. The predicted octanol–water partition coefficient (Wildman–Crippen LogP) is 3.30. The third-order valence-corrected chi connectivity index (χ3v) is 5.94. The number of benzene rings is 1. The number of aromatic nitrogens is 1. The lowest BCUT2D eigenvalue weighted by Crippen LogP contribution is -2.22. The van der Waals surface area contributed by atoms with E-state index in [-0.39, 0.29) is 0 Å². The van der Waals surface area contributed by atoms with Gasteiger partial charge in [-0.3, -0.25) is 0 Å². The highest BCUT2D eigenvalue weighted by atomic mass is 15.0. The third kappa shape index (κ3) is 1.41. The van der Waals surface area contributed by atoms with Gasteiger partial charge in [-0.1, -0.05) is 18.2 Å². The van der Waals surface area contributed by atoms with Gasteiger partial charge in [0.1, 0.15) is 0 Å². The minimum Gasteiger partial charge on any atom is -0.361 e. The van der Waals surface area contributed by atoms with E-state index in [1.165, 1.54) is 29.3 Å². The van der Waals surface area contributed by atoms with Crippen molar-refractivity contribution < 1.29 is 0 Å². The smallest absolute Gasteiger partial charge is 0.0499 e. The van der Waals surface area contributed by atoms with Crippen LogP contribution in [0.4, 0.5) is 0 Å². The second kappa shape index (κ2) is 3.63. The van der Waals surface area contributed by atoms with Crippen LogP contribution in [0.5, 0.6) is 0 Å². The maximum atomic E-state index is 3.84. The quantitative estimate of drug-likeness (QED) is 0.862. The molecule has 1 aromatic carbocycles. The fraction of sp³-hybridized carbons (Fsp3) is 0.529. The molecule has 2 bridgehead atoms. The summed E-state index contributed by atoms with van der Waals surface area (Å²) in [4.78, 5) is 3.37. The van der Waals surface area contributed by atoms with Crippen molar-refractivity contribution in [3.8, 4) is 0 Å². The van der Waals surface area contributed by atoms with Crippen molar-refractivity contribution >= 4 is 10.9 Å². The largest absolute Gasteiger partial charge is 0.361 e. The first-order valence-corrected chi connectivity index (χ1v) is 7.70. The number of H-pyrrole nitrogens is 1.